The second-order valence-corrected chi connectivity index (χ2v) is 8.37. The van der Waals surface area contributed by atoms with Crippen LogP contribution in [0.2, 0.25) is 0 Å². The van der Waals surface area contributed by atoms with Gasteiger partial charge in [0.05, 0.1) is 17.7 Å². The SMILES string of the molecule is COc1ccc(C=C2SC(=S)N(CCCC(=O)Nc3cccc4nonc34)C2=O)cc1. The molecule has 0 aliphatic carbocycles. The van der Waals surface area contributed by atoms with Crippen LogP contribution in [-0.2, 0) is 9.59 Å². The third-order valence-corrected chi connectivity index (χ3v) is 6.01. The molecule has 0 unspecified atom stereocenters. The standard InChI is InChI=1S/C21H18N4O4S2/c1-28-14-9-7-13(8-10-14)12-17-20(27)25(21(30)31-17)11-3-6-18(26)22-15-4-2-5-16-19(15)24-29-23-16/h2,4-5,7-10,12H,3,6,11H2,1H3,(H,22,26). The summed E-state index contributed by atoms with van der Waals surface area (Å²) in [4.78, 5) is 27.1. The van der Waals surface area contributed by atoms with Crippen molar-refractivity contribution in [3.8, 4) is 5.75 Å². The number of thiocarbonyl (C=S) groups is 1. The molecule has 2 aromatic carbocycles. The van der Waals surface area contributed by atoms with E-state index < -0.39 is 0 Å². The first-order chi connectivity index (χ1) is 15.0. The number of rotatable bonds is 7. The van der Waals surface area contributed by atoms with Crippen molar-refractivity contribution in [3.05, 3.63) is 52.9 Å². The van der Waals surface area contributed by atoms with Gasteiger partial charge < -0.3 is 10.1 Å². The number of anilines is 1. The van der Waals surface area contributed by atoms with Crippen molar-refractivity contribution in [2.24, 2.45) is 0 Å². The summed E-state index contributed by atoms with van der Waals surface area (Å²) in [5.41, 5.74) is 2.49. The summed E-state index contributed by atoms with van der Waals surface area (Å²) in [5, 5.41) is 10.4. The van der Waals surface area contributed by atoms with Crippen LogP contribution in [0.25, 0.3) is 17.1 Å². The van der Waals surface area contributed by atoms with Crippen LogP contribution in [-0.4, -0.2) is 45.0 Å². The van der Waals surface area contributed by atoms with Crippen LogP contribution in [0.15, 0.2) is 52.0 Å². The Balaban J connectivity index is 1.32. The van der Waals surface area contributed by atoms with Gasteiger partial charge in [-0.15, -0.1) is 0 Å². The van der Waals surface area contributed by atoms with E-state index in [1.807, 2.05) is 24.3 Å². The molecule has 4 rings (SSSR count). The third kappa shape index (κ3) is 4.75. The monoisotopic (exact) mass is 454 g/mol. The number of fused-ring (bicyclic) bond motifs is 1. The quantitative estimate of drug-likeness (QED) is 0.425. The fourth-order valence-electron chi connectivity index (χ4n) is 3.06. The largest absolute Gasteiger partial charge is 0.497 e. The molecule has 2 amide bonds. The molecular formula is C21H18N4O4S2. The molecule has 1 N–H and O–H groups in total. The topological polar surface area (TPSA) is 97.6 Å². The molecule has 1 saturated heterocycles. The predicted molar refractivity (Wildman–Crippen MR) is 123 cm³/mol. The summed E-state index contributed by atoms with van der Waals surface area (Å²) in [5.74, 6) is 0.415. The molecular weight excluding hydrogens is 436 g/mol. The smallest absolute Gasteiger partial charge is 0.266 e. The van der Waals surface area contributed by atoms with Gasteiger partial charge in [0.25, 0.3) is 5.91 Å². The number of hydrogen-bond donors (Lipinski definition) is 1. The summed E-state index contributed by atoms with van der Waals surface area (Å²) in [6, 6.07) is 12.7. The van der Waals surface area contributed by atoms with Crippen molar-refractivity contribution in [3.63, 3.8) is 0 Å². The van der Waals surface area contributed by atoms with E-state index in [1.165, 1.54) is 16.7 Å². The summed E-state index contributed by atoms with van der Waals surface area (Å²) in [7, 11) is 1.60. The number of methoxy groups -OCH3 is 1. The molecule has 158 valence electrons. The molecule has 0 bridgehead atoms. The number of hydrogen-bond acceptors (Lipinski definition) is 8. The average Bonchev–Trinajstić information content (AvgIpc) is 3.35. The number of nitrogens with zero attached hydrogens (tertiary/aromatic N) is 3. The summed E-state index contributed by atoms with van der Waals surface area (Å²) in [6.07, 6.45) is 2.51. The fourth-order valence-corrected chi connectivity index (χ4v) is 4.37. The summed E-state index contributed by atoms with van der Waals surface area (Å²) >= 11 is 6.62. The molecule has 0 atom stereocenters. The first-order valence-electron chi connectivity index (χ1n) is 9.46. The molecule has 0 saturated carbocycles. The Morgan fingerprint density at radius 2 is 2.06 bits per heavy atom. The minimum atomic E-state index is -0.185. The van der Waals surface area contributed by atoms with E-state index in [0.717, 1.165) is 11.3 Å². The van der Waals surface area contributed by atoms with Crippen molar-refractivity contribution >= 4 is 62.9 Å². The van der Waals surface area contributed by atoms with Crippen LogP contribution in [0.5, 0.6) is 5.75 Å². The molecule has 1 aliphatic rings. The van der Waals surface area contributed by atoms with E-state index in [0.29, 0.717) is 38.9 Å². The number of nitrogens with one attached hydrogen (secondary N) is 1. The second-order valence-electron chi connectivity index (χ2n) is 6.70. The van der Waals surface area contributed by atoms with Crippen molar-refractivity contribution in [2.75, 3.05) is 19.0 Å². The highest BCUT2D eigenvalue weighted by Crippen LogP contribution is 2.33. The lowest BCUT2D eigenvalue weighted by atomic mass is 10.2. The maximum atomic E-state index is 12.7. The molecule has 10 heteroatoms. The zero-order valence-corrected chi connectivity index (χ0v) is 18.2. The molecule has 1 aliphatic heterocycles. The minimum absolute atomic E-state index is 0.148. The predicted octanol–water partition coefficient (Wildman–Crippen LogP) is 3.85. The van der Waals surface area contributed by atoms with Gasteiger partial charge in [-0.2, -0.15) is 0 Å². The van der Waals surface area contributed by atoms with Crippen LogP contribution in [0.3, 0.4) is 0 Å². The van der Waals surface area contributed by atoms with Crippen LogP contribution in [0.1, 0.15) is 18.4 Å². The zero-order valence-electron chi connectivity index (χ0n) is 16.5. The zero-order chi connectivity index (χ0) is 21.8. The second kappa shape index (κ2) is 9.27. The number of amides is 2. The first-order valence-corrected chi connectivity index (χ1v) is 10.7. The normalized spacial score (nSPS) is 15.1. The van der Waals surface area contributed by atoms with Crippen molar-refractivity contribution in [1.29, 1.82) is 0 Å². The Morgan fingerprint density at radius 1 is 1.26 bits per heavy atom. The van der Waals surface area contributed by atoms with Gasteiger partial charge in [-0.1, -0.05) is 42.2 Å². The Bertz CT molecular complexity index is 1170. The number of carbonyl (C=O) groups excluding carboxylic acids is 2. The number of aromatic nitrogens is 2. The maximum absolute atomic E-state index is 12.7. The van der Waals surface area contributed by atoms with Gasteiger partial charge in [-0.05, 0) is 52.6 Å². The Morgan fingerprint density at radius 3 is 2.84 bits per heavy atom. The van der Waals surface area contributed by atoms with Crippen LogP contribution in [0.4, 0.5) is 5.69 Å². The summed E-state index contributed by atoms with van der Waals surface area (Å²) < 4.78 is 10.3. The average molecular weight is 455 g/mol. The Hall–Kier alpha value is -3.24. The highest BCUT2D eigenvalue weighted by molar-refractivity contribution is 8.26. The maximum Gasteiger partial charge on any atom is 0.266 e. The van der Waals surface area contributed by atoms with Crippen molar-refractivity contribution < 1.29 is 19.0 Å². The highest BCUT2D eigenvalue weighted by atomic mass is 32.2. The number of carbonyl (C=O) groups is 2. The number of benzene rings is 2. The van der Waals surface area contributed by atoms with E-state index in [2.05, 4.69) is 15.6 Å². The van der Waals surface area contributed by atoms with E-state index in [4.69, 9.17) is 21.6 Å². The van der Waals surface area contributed by atoms with Crippen LogP contribution >= 0.6 is 24.0 Å². The lowest BCUT2D eigenvalue weighted by Gasteiger charge is -2.14. The van der Waals surface area contributed by atoms with E-state index >= 15 is 0 Å². The highest BCUT2D eigenvalue weighted by Gasteiger charge is 2.31. The first kappa shape index (κ1) is 21.0. The van der Waals surface area contributed by atoms with Gasteiger partial charge in [0.15, 0.2) is 5.52 Å². The Labute approximate surface area is 187 Å². The van der Waals surface area contributed by atoms with Gasteiger partial charge >= 0.3 is 0 Å². The van der Waals surface area contributed by atoms with Gasteiger partial charge in [-0.3, -0.25) is 14.5 Å². The van der Waals surface area contributed by atoms with Gasteiger partial charge in [-0.25, -0.2) is 4.63 Å². The number of ether oxygens (including phenoxy) is 1. The van der Waals surface area contributed by atoms with Crippen molar-refractivity contribution in [1.82, 2.24) is 15.2 Å². The fraction of sp³-hybridized carbons (Fsp3) is 0.190. The lowest BCUT2D eigenvalue weighted by molar-refractivity contribution is -0.122. The molecule has 2 heterocycles. The molecule has 0 radical (unpaired) electrons. The van der Waals surface area contributed by atoms with Crippen LogP contribution in [0, 0.1) is 0 Å². The van der Waals surface area contributed by atoms with E-state index in [-0.39, 0.29) is 18.2 Å². The van der Waals surface area contributed by atoms with Gasteiger partial charge in [0.1, 0.15) is 15.6 Å². The van der Waals surface area contributed by atoms with Crippen molar-refractivity contribution in [2.45, 2.75) is 12.8 Å². The van der Waals surface area contributed by atoms with E-state index in [1.54, 1.807) is 31.4 Å². The summed E-state index contributed by atoms with van der Waals surface area (Å²) in [6.45, 7) is 0.369. The third-order valence-electron chi connectivity index (χ3n) is 4.63. The Kier molecular flexibility index (Phi) is 6.28. The van der Waals surface area contributed by atoms with Crippen LogP contribution < -0.4 is 10.1 Å². The van der Waals surface area contributed by atoms with E-state index in [9.17, 15) is 9.59 Å². The minimum Gasteiger partial charge on any atom is -0.497 e. The van der Waals surface area contributed by atoms with Gasteiger partial charge in [0.2, 0.25) is 5.91 Å². The molecule has 1 fully saturated rings. The number of thioether (sulfide) groups is 1. The molecule has 3 aromatic rings. The van der Waals surface area contributed by atoms with Gasteiger partial charge in [0, 0.05) is 13.0 Å². The molecule has 31 heavy (non-hydrogen) atoms. The molecule has 8 nitrogen and oxygen atoms in total. The molecule has 0 spiro atoms. The lowest BCUT2D eigenvalue weighted by Crippen LogP contribution is -2.29. The molecule has 1 aromatic heterocycles.